The number of aromatic carboxylic acids is 2. The molecule has 0 saturated heterocycles. The predicted octanol–water partition coefficient (Wildman–Crippen LogP) is 2.23. The highest BCUT2D eigenvalue weighted by molar-refractivity contribution is 6.32. The Kier molecular flexibility index (Phi) is 3.26. The summed E-state index contributed by atoms with van der Waals surface area (Å²) >= 11 is 6.00. The molecule has 98 valence electrons. The number of aromatic nitrogens is 2. The van der Waals surface area contributed by atoms with Gasteiger partial charge < -0.3 is 10.2 Å². The molecule has 0 unspecified atom stereocenters. The highest BCUT2D eigenvalue weighted by Gasteiger charge is 2.26. The number of hydrogen-bond donors (Lipinski definition) is 2. The first kappa shape index (κ1) is 13.1. The molecule has 0 amide bonds. The van der Waals surface area contributed by atoms with E-state index in [-0.39, 0.29) is 11.3 Å². The van der Waals surface area contributed by atoms with Crippen LogP contribution in [-0.4, -0.2) is 31.9 Å². The van der Waals surface area contributed by atoms with E-state index in [0.29, 0.717) is 10.7 Å². The number of carboxylic acids is 2. The molecule has 6 nitrogen and oxygen atoms in total. The lowest BCUT2D eigenvalue weighted by atomic mass is 10.2. The lowest BCUT2D eigenvalue weighted by Crippen LogP contribution is -2.07. The average molecular weight is 281 g/mol. The second-order valence-corrected chi connectivity index (χ2v) is 4.19. The number of hydrogen-bond acceptors (Lipinski definition) is 3. The molecule has 0 saturated carbocycles. The van der Waals surface area contributed by atoms with E-state index in [2.05, 4.69) is 5.10 Å². The van der Waals surface area contributed by atoms with Gasteiger partial charge in [0.1, 0.15) is 5.56 Å². The molecular weight excluding hydrogens is 272 g/mol. The van der Waals surface area contributed by atoms with Crippen molar-refractivity contribution in [3.05, 3.63) is 46.2 Å². The van der Waals surface area contributed by atoms with Gasteiger partial charge in [-0.2, -0.15) is 5.10 Å². The smallest absolute Gasteiger partial charge is 0.357 e. The van der Waals surface area contributed by atoms with Crippen LogP contribution in [0, 0.1) is 6.92 Å². The van der Waals surface area contributed by atoms with Crippen molar-refractivity contribution in [3.8, 4) is 5.69 Å². The highest BCUT2D eigenvalue weighted by Crippen LogP contribution is 2.24. The third-order valence-corrected chi connectivity index (χ3v) is 2.93. The van der Waals surface area contributed by atoms with Crippen LogP contribution < -0.4 is 0 Å². The fourth-order valence-electron chi connectivity index (χ4n) is 1.77. The van der Waals surface area contributed by atoms with Crippen LogP contribution in [0.5, 0.6) is 0 Å². The third-order valence-electron chi connectivity index (χ3n) is 2.61. The molecule has 2 rings (SSSR count). The van der Waals surface area contributed by atoms with Crippen LogP contribution in [0.1, 0.15) is 26.5 Å². The minimum atomic E-state index is -1.40. The van der Waals surface area contributed by atoms with Gasteiger partial charge in [0.25, 0.3) is 0 Å². The molecule has 2 N–H and O–H groups in total. The zero-order valence-electron chi connectivity index (χ0n) is 9.79. The SMILES string of the molecule is Cc1c(C(=O)O)c(C(=O)O)nn1-c1ccccc1Cl. The fourth-order valence-corrected chi connectivity index (χ4v) is 1.98. The average Bonchev–Trinajstić information content (AvgIpc) is 2.68. The number of carbonyl (C=O) groups is 2. The Morgan fingerprint density at radius 2 is 1.84 bits per heavy atom. The highest BCUT2D eigenvalue weighted by atomic mass is 35.5. The van der Waals surface area contributed by atoms with Crippen molar-refractivity contribution in [1.29, 1.82) is 0 Å². The lowest BCUT2D eigenvalue weighted by Gasteiger charge is -2.06. The van der Waals surface area contributed by atoms with Crippen LogP contribution in [0.25, 0.3) is 5.69 Å². The molecule has 0 atom stereocenters. The van der Waals surface area contributed by atoms with Crippen LogP contribution in [0.2, 0.25) is 5.02 Å². The summed E-state index contributed by atoms with van der Waals surface area (Å²) in [4.78, 5) is 22.2. The van der Waals surface area contributed by atoms with Gasteiger partial charge in [-0.15, -0.1) is 0 Å². The number of para-hydroxylation sites is 1. The second-order valence-electron chi connectivity index (χ2n) is 3.78. The molecule has 7 heteroatoms. The van der Waals surface area contributed by atoms with Gasteiger partial charge >= 0.3 is 11.9 Å². The summed E-state index contributed by atoms with van der Waals surface area (Å²) in [6.07, 6.45) is 0. The van der Waals surface area contributed by atoms with Gasteiger partial charge in [-0.05, 0) is 19.1 Å². The third kappa shape index (κ3) is 2.17. The molecule has 1 heterocycles. The first-order chi connectivity index (χ1) is 8.93. The monoisotopic (exact) mass is 280 g/mol. The van der Waals surface area contributed by atoms with Gasteiger partial charge in [0.2, 0.25) is 0 Å². The van der Waals surface area contributed by atoms with Crippen molar-refractivity contribution in [2.24, 2.45) is 0 Å². The summed E-state index contributed by atoms with van der Waals surface area (Å²) in [6.45, 7) is 1.48. The van der Waals surface area contributed by atoms with Crippen LogP contribution in [0.15, 0.2) is 24.3 Å². The van der Waals surface area contributed by atoms with Crippen molar-refractivity contribution in [1.82, 2.24) is 9.78 Å². The summed E-state index contributed by atoms with van der Waals surface area (Å²) in [5.41, 5.74) is -0.216. The normalized spacial score (nSPS) is 10.4. The molecule has 1 aromatic carbocycles. The van der Waals surface area contributed by atoms with Gasteiger partial charge in [-0.25, -0.2) is 14.3 Å². The van der Waals surface area contributed by atoms with E-state index in [0.717, 1.165) is 0 Å². The van der Waals surface area contributed by atoms with E-state index in [4.69, 9.17) is 21.8 Å². The van der Waals surface area contributed by atoms with Crippen molar-refractivity contribution in [2.75, 3.05) is 0 Å². The first-order valence-corrected chi connectivity index (χ1v) is 5.62. The Hall–Kier alpha value is -2.34. The fraction of sp³-hybridized carbons (Fsp3) is 0.0833. The van der Waals surface area contributed by atoms with E-state index < -0.39 is 17.6 Å². The zero-order valence-corrected chi connectivity index (χ0v) is 10.5. The second kappa shape index (κ2) is 4.74. The van der Waals surface area contributed by atoms with E-state index in [1.807, 2.05) is 0 Å². The van der Waals surface area contributed by atoms with Crippen LogP contribution in [0.3, 0.4) is 0 Å². The van der Waals surface area contributed by atoms with Crippen molar-refractivity contribution in [2.45, 2.75) is 6.92 Å². The van der Waals surface area contributed by atoms with Crippen molar-refractivity contribution >= 4 is 23.5 Å². The van der Waals surface area contributed by atoms with E-state index in [1.54, 1.807) is 24.3 Å². The molecule has 2 aromatic rings. The standard InChI is InChI=1S/C12H9ClN2O4/c1-6-9(11(16)17)10(12(18)19)14-15(6)8-5-3-2-4-7(8)13/h2-5H,1H3,(H,16,17)(H,18,19). The maximum Gasteiger partial charge on any atom is 0.357 e. The number of benzene rings is 1. The van der Waals surface area contributed by atoms with Crippen LogP contribution in [0.4, 0.5) is 0 Å². The number of halogens is 1. The largest absolute Gasteiger partial charge is 0.478 e. The predicted molar refractivity (Wildman–Crippen MR) is 67.2 cm³/mol. The Balaban J connectivity index is 2.74. The van der Waals surface area contributed by atoms with Crippen LogP contribution in [-0.2, 0) is 0 Å². The maximum atomic E-state index is 11.1. The Morgan fingerprint density at radius 1 is 1.21 bits per heavy atom. The van der Waals surface area contributed by atoms with E-state index in [1.165, 1.54) is 11.6 Å². The van der Waals surface area contributed by atoms with Gasteiger partial charge in [-0.1, -0.05) is 23.7 Å². The van der Waals surface area contributed by atoms with Gasteiger partial charge in [0, 0.05) is 0 Å². The van der Waals surface area contributed by atoms with Crippen molar-refractivity contribution in [3.63, 3.8) is 0 Å². The Morgan fingerprint density at radius 3 is 2.32 bits per heavy atom. The Labute approximate surface area is 112 Å². The topological polar surface area (TPSA) is 92.4 Å². The number of carboxylic acid groups (broad SMARTS) is 2. The molecule has 0 fully saturated rings. The summed E-state index contributed by atoms with van der Waals surface area (Å²) < 4.78 is 1.22. The minimum Gasteiger partial charge on any atom is -0.478 e. The Bertz CT molecular complexity index is 678. The summed E-state index contributed by atoms with van der Waals surface area (Å²) in [5.74, 6) is -2.74. The van der Waals surface area contributed by atoms with Gasteiger partial charge in [0.15, 0.2) is 5.69 Å². The van der Waals surface area contributed by atoms with E-state index in [9.17, 15) is 9.59 Å². The molecule has 1 aromatic heterocycles. The quantitative estimate of drug-likeness (QED) is 0.899. The minimum absolute atomic E-state index is 0.206. The number of rotatable bonds is 3. The molecular formula is C12H9ClN2O4. The summed E-state index contributed by atoms with van der Waals surface area (Å²) in [7, 11) is 0. The summed E-state index contributed by atoms with van der Waals surface area (Å²) in [5, 5.41) is 22.2. The number of nitrogens with zero attached hydrogens (tertiary/aromatic N) is 2. The van der Waals surface area contributed by atoms with Gasteiger partial charge in [0.05, 0.1) is 16.4 Å². The first-order valence-electron chi connectivity index (χ1n) is 5.24. The lowest BCUT2D eigenvalue weighted by molar-refractivity contribution is 0.0648. The molecule has 0 aliphatic rings. The van der Waals surface area contributed by atoms with Crippen LogP contribution >= 0.6 is 11.6 Å². The van der Waals surface area contributed by atoms with Gasteiger partial charge in [-0.3, -0.25) is 0 Å². The maximum absolute atomic E-state index is 11.1. The molecule has 0 radical (unpaired) electrons. The molecule has 0 spiro atoms. The molecule has 0 aliphatic heterocycles. The molecule has 0 bridgehead atoms. The molecule has 0 aliphatic carbocycles. The van der Waals surface area contributed by atoms with Crippen molar-refractivity contribution < 1.29 is 19.8 Å². The summed E-state index contributed by atoms with van der Waals surface area (Å²) in [6, 6.07) is 6.64. The van der Waals surface area contributed by atoms with E-state index >= 15 is 0 Å². The zero-order chi connectivity index (χ0) is 14.2. The molecule has 19 heavy (non-hydrogen) atoms.